The van der Waals surface area contributed by atoms with Crippen LogP contribution in [0.2, 0.25) is 0 Å². The van der Waals surface area contributed by atoms with E-state index >= 15 is 0 Å². The second-order valence-corrected chi connectivity index (χ2v) is 6.14. The molecule has 1 nitrogen and oxygen atoms in total. The van der Waals surface area contributed by atoms with Gasteiger partial charge in [-0.3, -0.25) is 0 Å². The zero-order valence-corrected chi connectivity index (χ0v) is 9.95. The van der Waals surface area contributed by atoms with Crippen molar-refractivity contribution in [3.8, 4) is 0 Å². The molecule has 2 heteroatoms. The van der Waals surface area contributed by atoms with Crippen molar-refractivity contribution in [3.63, 3.8) is 0 Å². The Balaban J connectivity index is 2.00. The van der Waals surface area contributed by atoms with E-state index in [0.717, 1.165) is 12.5 Å². The number of thioether (sulfide) groups is 1. The van der Waals surface area contributed by atoms with Crippen LogP contribution in [-0.2, 0) is 0 Å². The molecule has 82 valence electrons. The van der Waals surface area contributed by atoms with Crippen LogP contribution in [0.4, 0.5) is 0 Å². The Morgan fingerprint density at radius 3 is 2.57 bits per heavy atom. The third kappa shape index (κ3) is 2.11. The van der Waals surface area contributed by atoms with Gasteiger partial charge in [-0.1, -0.05) is 19.3 Å². The molecule has 0 aromatic carbocycles. The Hall–Kier alpha value is 0.310. The molecule has 1 atom stereocenters. The molecule has 2 fully saturated rings. The average molecular weight is 213 g/mol. The molecule has 0 aromatic rings. The monoisotopic (exact) mass is 213 g/mol. The number of hydrogen-bond donors (Lipinski definition) is 1. The van der Waals surface area contributed by atoms with Gasteiger partial charge in [0.1, 0.15) is 0 Å². The van der Waals surface area contributed by atoms with E-state index in [2.05, 4.69) is 11.8 Å². The van der Waals surface area contributed by atoms with Gasteiger partial charge in [0.15, 0.2) is 0 Å². The van der Waals surface area contributed by atoms with Gasteiger partial charge in [0.2, 0.25) is 0 Å². The van der Waals surface area contributed by atoms with Crippen molar-refractivity contribution in [2.45, 2.75) is 44.9 Å². The smallest absolute Gasteiger partial charge is 0.000738 e. The van der Waals surface area contributed by atoms with Crippen molar-refractivity contribution < 1.29 is 0 Å². The highest BCUT2D eigenvalue weighted by Gasteiger charge is 2.40. The van der Waals surface area contributed by atoms with Crippen LogP contribution < -0.4 is 5.73 Å². The zero-order chi connectivity index (χ0) is 9.86. The molecule has 0 bridgehead atoms. The SMILES string of the molecule is NCCC1(C2CCCCC2)CCSC1. The minimum absolute atomic E-state index is 0.653. The van der Waals surface area contributed by atoms with Crippen molar-refractivity contribution in [1.82, 2.24) is 0 Å². The summed E-state index contributed by atoms with van der Waals surface area (Å²) in [6.45, 7) is 0.900. The lowest BCUT2D eigenvalue weighted by Crippen LogP contribution is -2.34. The van der Waals surface area contributed by atoms with Gasteiger partial charge in [-0.25, -0.2) is 0 Å². The summed E-state index contributed by atoms with van der Waals surface area (Å²) in [6, 6.07) is 0. The Labute approximate surface area is 92.2 Å². The van der Waals surface area contributed by atoms with Crippen LogP contribution >= 0.6 is 11.8 Å². The summed E-state index contributed by atoms with van der Waals surface area (Å²) in [6.07, 6.45) is 10.1. The first-order valence-electron chi connectivity index (χ1n) is 6.15. The highest BCUT2D eigenvalue weighted by atomic mass is 32.2. The predicted molar refractivity (Wildman–Crippen MR) is 64.6 cm³/mol. The second-order valence-electron chi connectivity index (χ2n) is 5.04. The zero-order valence-electron chi connectivity index (χ0n) is 9.13. The molecule has 0 aromatic heterocycles. The number of nitrogens with two attached hydrogens (primary N) is 1. The average Bonchev–Trinajstić information content (AvgIpc) is 2.70. The summed E-state index contributed by atoms with van der Waals surface area (Å²) < 4.78 is 0. The molecule has 1 aliphatic heterocycles. The van der Waals surface area contributed by atoms with E-state index < -0.39 is 0 Å². The second kappa shape index (κ2) is 4.89. The van der Waals surface area contributed by atoms with Gasteiger partial charge >= 0.3 is 0 Å². The molecule has 0 spiro atoms. The van der Waals surface area contributed by atoms with Gasteiger partial charge < -0.3 is 5.73 Å². The molecule has 0 amide bonds. The van der Waals surface area contributed by atoms with E-state index in [0.29, 0.717) is 5.41 Å². The molecule has 2 N–H and O–H groups in total. The van der Waals surface area contributed by atoms with Gasteiger partial charge in [0, 0.05) is 0 Å². The van der Waals surface area contributed by atoms with Crippen LogP contribution in [-0.4, -0.2) is 18.1 Å². The van der Waals surface area contributed by atoms with Crippen molar-refractivity contribution in [3.05, 3.63) is 0 Å². The van der Waals surface area contributed by atoms with Gasteiger partial charge in [-0.15, -0.1) is 0 Å². The van der Waals surface area contributed by atoms with E-state index in [1.165, 1.54) is 56.5 Å². The molecule has 2 aliphatic rings. The summed E-state index contributed by atoms with van der Waals surface area (Å²) in [5.74, 6) is 3.79. The fourth-order valence-corrected chi connectivity index (χ4v) is 4.97. The standard InChI is InChI=1S/C12H23NS/c13-8-6-12(7-9-14-10-12)11-4-2-1-3-5-11/h11H,1-10,13H2. The maximum Gasteiger partial charge on any atom is -0.000738 e. The topological polar surface area (TPSA) is 26.0 Å². The first-order chi connectivity index (χ1) is 6.87. The molecule has 1 saturated carbocycles. The van der Waals surface area contributed by atoms with Crippen LogP contribution in [0, 0.1) is 11.3 Å². The molecule has 2 rings (SSSR count). The van der Waals surface area contributed by atoms with Crippen molar-refractivity contribution in [2.75, 3.05) is 18.1 Å². The van der Waals surface area contributed by atoms with E-state index in [4.69, 9.17) is 5.73 Å². The third-order valence-electron chi connectivity index (χ3n) is 4.25. The molecular formula is C12H23NS. The minimum atomic E-state index is 0.653. The number of hydrogen-bond acceptors (Lipinski definition) is 2. The molecular weight excluding hydrogens is 190 g/mol. The largest absolute Gasteiger partial charge is 0.330 e. The van der Waals surface area contributed by atoms with E-state index in [1.807, 2.05) is 0 Å². The normalized spacial score (nSPS) is 34.9. The molecule has 0 radical (unpaired) electrons. The Kier molecular flexibility index (Phi) is 3.78. The van der Waals surface area contributed by atoms with E-state index in [1.54, 1.807) is 0 Å². The first-order valence-corrected chi connectivity index (χ1v) is 7.31. The maximum absolute atomic E-state index is 5.79. The highest BCUT2D eigenvalue weighted by molar-refractivity contribution is 7.99. The van der Waals surface area contributed by atoms with E-state index in [-0.39, 0.29) is 0 Å². The Morgan fingerprint density at radius 1 is 1.21 bits per heavy atom. The quantitative estimate of drug-likeness (QED) is 0.780. The van der Waals surface area contributed by atoms with Crippen LogP contribution in [0.1, 0.15) is 44.9 Å². The summed E-state index contributed by atoms with van der Waals surface area (Å²) in [5, 5.41) is 0. The fourth-order valence-electron chi connectivity index (χ4n) is 3.35. The van der Waals surface area contributed by atoms with Crippen LogP contribution in [0.15, 0.2) is 0 Å². The molecule has 1 heterocycles. The first kappa shape index (κ1) is 10.8. The summed E-state index contributed by atoms with van der Waals surface area (Å²) in [5.41, 5.74) is 6.44. The van der Waals surface area contributed by atoms with Crippen LogP contribution in [0.3, 0.4) is 0 Å². The molecule has 1 saturated heterocycles. The Morgan fingerprint density at radius 2 is 2.00 bits per heavy atom. The molecule has 1 unspecified atom stereocenters. The van der Waals surface area contributed by atoms with Gasteiger partial charge in [0.05, 0.1) is 0 Å². The predicted octanol–water partition coefficient (Wildman–Crippen LogP) is 3.04. The van der Waals surface area contributed by atoms with Gasteiger partial charge in [0.25, 0.3) is 0 Å². The maximum atomic E-state index is 5.79. The summed E-state index contributed by atoms with van der Waals surface area (Å²) >= 11 is 2.16. The van der Waals surface area contributed by atoms with Gasteiger partial charge in [-0.2, -0.15) is 11.8 Å². The van der Waals surface area contributed by atoms with Crippen molar-refractivity contribution in [1.29, 1.82) is 0 Å². The third-order valence-corrected chi connectivity index (χ3v) is 5.52. The van der Waals surface area contributed by atoms with Crippen LogP contribution in [0.25, 0.3) is 0 Å². The van der Waals surface area contributed by atoms with Crippen molar-refractivity contribution >= 4 is 11.8 Å². The van der Waals surface area contributed by atoms with E-state index in [9.17, 15) is 0 Å². The number of rotatable bonds is 3. The van der Waals surface area contributed by atoms with Gasteiger partial charge in [-0.05, 0) is 55.1 Å². The lowest BCUT2D eigenvalue weighted by atomic mass is 9.67. The summed E-state index contributed by atoms with van der Waals surface area (Å²) in [4.78, 5) is 0. The van der Waals surface area contributed by atoms with Crippen LogP contribution in [0.5, 0.6) is 0 Å². The summed E-state index contributed by atoms with van der Waals surface area (Å²) in [7, 11) is 0. The molecule has 1 aliphatic carbocycles. The minimum Gasteiger partial charge on any atom is -0.330 e. The molecule has 14 heavy (non-hydrogen) atoms. The Bertz CT molecular complexity index is 169. The fraction of sp³-hybridized carbons (Fsp3) is 1.00. The lowest BCUT2D eigenvalue weighted by Gasteiger charge is -2.39. The highest BCUT2D eigenvalue weighted by Crippen LogP contribution is 2.49. The lowest BCUT2D eigenvalue weighted by molar-refractivity contribution is 0.135. The van der Waals surface area contributed by atoms with Crippen molar-refractivity contribution in [2.24, 2.45) is 17.1 Å².